The van der Waals surface area contributed by atoms with Gasteiger partial charge in [-0.1, -0.05) is 29.0 Å². The third-order valence-electron chi connectivity index (χ3n) is 5.60. The van der Waals surface area contributed by atoms with Gasteiger partial charge in [-0.3, -0.25) is 9.69 Å². The number of ether oxygens (including phenoxy) is 1. The number of carbonyl (C=O) groups excluding carboxylic acids is 1. The van der Waals surface area contributed by atoms with E-state index in [0.29, 0.717) is 19.1 Å². The van der Waals surface area contributed by atoms with Crippen molar-refractivity contribution in [3.05, 3.63) is 46.2 Å². The Morgan fingerprint density at radius 3 is 2.57 bits per heavy atom. The van der Waals surface area contributed by atoms with Gasteiger partial charge in [0.15, 0.2) is 0 Å². The van der Waals surface area contributed by atoms with Crippen molar-refractivity contribution in [3.63, 3.8) is 0 Å². The lowest BCUT2D eigenvalue weighted by atomic mass is 9.98. The molecule has 2 aliphatic heterocycles. The molecule has 0 atom stereocenters. The molecular weight excluding hydrogens is 401 g/mol. The molecule has 8 heteroatoms. The summed E-state index contributed by atoms with van der Waals surface area (Å²) in [6.45, 7) is 3.25. The van der Waals surface area contributed by atoms with Crippen molar-refractivity contribution in [1.29, 1.82) is 0 Å². The molecule has 4 rings (SSSR count). The van der Waals surface area contributed by atoms with Crippen LogP contribution >= 0.6 is 22.9 Å². The molecule has 0 radical (unpaired) electrons. The fourth-order valence-corrected chi connectivity index (χ4v) is 4.86. The van der Waals surface area contributed by atoms with Crippen LogP contribution < -0.4 is 4.74 Å². The van der Waals surface area contributed by atoms with E-state index in [0.717, 1.165) is 44.0 Å². The molecule has 0 unspecified atom stereocenters. The van der Waals surface area contributed by atoms with Crippen molar-refractivity contribution < 1.29 is 13.9 Å². The van der Waals surface area contributed by atoms with E-state index in [1.165, 1.54) is 23.5 Å². The molecule has 0 N–H and O–H groups in total. The molecule has 28 heavy (non-hydrogen) atoms. The SMILES string of the molecule is O=C(c1c(F)cccc1Cl)N1CCC(N2CCC(Oc3nccs3)CC2)CC1. The van der Waals surface area contributed by atoms with Crippen molar-refractivity contribution in [1.82, 2.24) is 14.8 Å². The molecule has 5 nitrogen and oxygen atoms in total. The molecule has 0 spiro atoms. The predicted octanol–water partition coefficient (Wildman–Crippen LogP) is 4.08. The minimum atomic E-state index is -0.554. The molecule has 1 aromatic carbocycles. The average molecular weight is 424 g/mol. The van der Waals surface area contributed by atoms with Crippen LogP contribution in [-0.4, -0.2) is 59.0 Å². The van der Waals surface area contributed by atoms with Gasteiger partial charge in [0, 0.05) is 43.8 Å². The van der Waals surface area contributed by atoms with Crippen LogP contribution in [-0.2, 0) is 0 Å². The molecule has 0 saturated carbocycles. The molecule has 150 valence electrons. The van der Waals surface area contributed by atoms with Crippen molar-refractivity contribution in [2.75, 3.05) is 26.2 Å². The standard InChI is InChI=1S/C20H23ClFN3O2S/c21-16-2-1-3-17(22)18(16)19(26)25-9-4-14(5-10-25)24-11-6-15(7-12-24)27-20-23-8-13-28-20/h1-3,8,13-15H,4-7,9-12H2. The Kier molecular flexibility index (Phi) is 6.13. The van der Waals surface area contributed by atoms with Gasteiger partial charge in [-0.15, -0.1) is 0 Å². The molecule has 2 aliphatic rings. The Hall–Kier alpha value is -1.70. The number of likely N-dealkylation sites (tertiary alicyclic amines) is 2. The fraction of sp³-hybridized carbons (Fsp3) is 0.500. The predicted molar refractivity (Wildman–Crippen MR) is 108 cm³/mol. The van der Waals surface area contributed by atoms with E-state index in [1.54, 1.807) is 17.2 Å². The first kappa shape index (κ1) is 19.6. The number of amides is 1. The monoisotopic (exact) mass is 423 g/mol. The van der Waals surface area contributed by atoms with E-state index in [1.807, 2.05) is 5.38 Å². The fourth-order valence-electron chi connectivity index (χ4n) is 4.06. The Morgan fingerprint density at radius 1 is 1.18 bits per heavy atom. The first-order chi connectivity index (χ1) is 13.6. The van der Waals surface area contributed by atoms with Gasteiger partial charge in [0.05, 0.1) is 10.6 Å². The second kappa shape index (κ2) is 8.76. The van der Waals surface area contributed by atoms with Crippen LogP contribution in [0.25, 0.3) is 0 Å². The summed E-state index contributed by atoms with van der Waals surface area (Å²) in [6, 6.07) is 4.82. The number of thiazole rings is 1. The van der Waals surface area contributed by atoms with Crippen molar-refractivity contribution in [2.24, 2.45) is 0 Å². The molecule has 1 aromatic heterocycles. The Bertz CT molecular complexity index is 784. The topological polar surface area (TPSA) is 45.7 Å². The molecule has 0 aliphatic carbocycles. The highest BCUT2D eigenvalue weighted by atomic mass is 35.5. The quantitative estimate of drug-likeness (QED) is 0.743. The summed E-state index contributed by atoms with van der Waals surface area (Å²) in [4.78, 5) is 21.1. The van der Waals surface area contributed by atoms with Gasteiger partial charge in [-0.05, 0) is 37.8 Å². The lowest BCUT2D eigenvalue weighted by Crippen LogP contribution is -2.50. The normalized spacial score (nSPS) is 19.7. The number of aromatic nitrogens is 1. The second-order valence-electron chi connectivity index (χ2n) is 7.27. The molecule has 1 amide bonds. The zero-order valence-electron chi connectivity index (χ0n) is 15.5. The minimum Gasteiger partial charge on any atom is -0.467 e. The van der Waals surface area contributed by atoms with Gasteiger partial charge in [0.25, 0.3) is 11.1 Å². The lowest BCUT2D eigenvalue weighted by Gasteiger charge is -2.41. The number of benzene rings is 1. The molecule has 2 aromatic rings. The van der Waals surface area contributed by atoms with Crippen LogP contribution in [0.3, 0.4) is 0 Å². The number of nitrogens with zero attached hydrogens (tertiary/aromatic N) is 3. The van der Waals surface area contributed by atoms with Crippen molar-refractivity contribution in [2.45, 2.75) is 37.8 Å². The highest BCUT2D eigenvalue weighted by Gasteiger charge is 2.31. The largest absolute Gasteiger partial charge is 0.467 e. The summed E-state index contributed by atoms with van der Waals surface area (Å²) in [6.07, 6.45) is 5.77. The Morgan fingerprint density at radius 2 is 1.93 bits per heavy atom. The maximum absolute atomic E-state index is 14.0. The number of piperidine rings is 2. The zero-order valence-corrected chi connectivity index (χ0v) is 17.1. The Balaban J connectivity index is 1.27. The average Bonchev–Trinajstić information content (AvgIpc) is 3.21. The van der Waals surface area contributed by atoms with E-state index in [4.69, 9.17) is 16.3 Å². The lowest BCUT2D eigenvalue weighted by molar-refractivity contribution is 0.0423. The summed E-state index contributed by atoms with van der Waals surface area (Å²) in [5, 5.41) is 2.85. The van der Waals surface area contributed by atoms with Gasteiger partial charge < -0.3 is 9.64 Å². The molecule has 2 saturated heterocycles. The summed E-state index contributed by atoms with van der Waals surface area (Å²) < 4.78 is 20.0. The van der Waals surface area contributed by atoms with Crippen LogP contribution in [0.4, 0.5) is 4.39 Å². The van der Waals surface area contributed by atoms with E-state index in [9.17, 15) is 9.18 Å². The molecular formula is C20H23ClFN3O2S. The third kappa shape index (κ3) is 4.31. The van der Waals surface area contributed by atoms with Crippen LogP contribution in [0.5, 0.6) is 5.19 Å². The van der Waals surface area contributed by atoms with E-state index < -0.39 is 5.82 Å². The van der Waals surface area contributed by atoms with Crippen LogP contribution in [0.2, 0.25) is 5.02 Å². The van der Waals surface area contributed by atoms with Crippen LogP contribution in [0, 0.1) is 5.82 Å². The zero-order chi connectivity index (χ0) is 19.5. The van der Waals surface area contributed by atoms with Gasteiger partial charge in [0.1, 0.15) is 11.9 Å². The number of rotatable bonds is 4. The molecule has 3 heterocycles. The minimum absolute atomic E-state index is 0.0113. The number of halogens is 2. The van der Waals surface area contributed by atoms with Crippen LogP contribution in [0.15, 0.2) is 29.8 Å². The molecule has 2 fully saturated rings. The first-order valence-electron chi connectivity index (χ1n) is 9.65. The van der Waals surface area contributed by atoms with Gasteiger partial charge >= 0.3 is 0 Å². The van der Waals surface area contributed by atoms with E-state index in [-0.39, 0.29) is 22.6 Å². The van der Waals surface area contributed by atoms with E-state index in [2.05, 4.69) is 9.88 Å². The highest BCUT2D eigenvalue weighted by Crippen LogP contribution is 2.27. The van der Waals surface area contributed by atoms with E-state index >= 15 is 0 Å². The van der Waals surface area contributed by atoms with Gasteiger partial charge in [0.2, 0.25) is 0 Å². The maximum Gasteiger partial charge on any atom is 0.273 e. The Labute approximate surface area is 173 Å². The highest BCUT2D eigenvalue weighted by molar-refractivity contribution is 7.11. The van der Waals surface area contributed by atoms with Crippen molar-refractivity contribution >= 4 is 28.8 Å². The van der Waals surface area contributed by atoms with Gasteiger partial charge in [-0.2, -0.15) is 0 Å². The number of carbonyl (C=O) groups is 1. The summed E-state index contributed by atoms with van der Waals surface area (Å²) in [5.74, 6) is -0.862. The van der Waals surface area contributed by atoms with Gasteiger partial charge in [-0.25, -0.2) is 9.37 Å². The smallest absolute Gasteiger partial charge is 0.273 e. The summed E-state index contributed by atoms with van der Waals surface area (Å²) in [7, 11) is 0. The van der Waals surface area contributed by atoms with Crippen LogP contribution in [0.1, 0.15) is 36.0 Å². The summed E-state index contributed by atoms with van der Waals surface area (Å²) in [5.41, 5.74) is -0.0113. The third-order valence-corrected chi connectivity index (χ3v) is 6.57. The number of hydrogen-bond acceptors (Lipinski definition) is 5. The van der Waals surface area contributed by atoms with Crippen molar-refractivity contribution in [3.8, 4) is 5.19 Å². The second-order valence-corrected chi connectivity index (χ2v) is 8.54. The first-order valence-corrected chi connectivity index (χ1v) is 10.9. The molecule has 0 bridgehead atoms. The summed E-state index contributed by atoms with van der Waals surface area (Å²) >= 11 is 7.58. The number of hydrogen-bond donors (Lipinski definition) is 0. The maximum atomic E-state index is 14.0.